The number of unbranched alkanes of at least 4 members (excludes halogenated alkanes) is 1. The van der Waals surface area contributed by atoms with Crippen molar-refractivity contribution in [1.82, 2.24) is 9.55 Å². The van der Waals surface area contributed by atoms with Crippen LogP contribution in [0.5, 0.6) is 0 Å². The Balaban J connectivity index is 2.17. The van der Waals surface area contributed by atoms with Crippen molar-refractivity contribution < 1.29 is 0 Å². The van der Waals surface area contributed by atoms with Crippen LogP contribution in [0.2, 0.25) is 5.02 Å². The Morgan fingerprint density at radius 1 is 1.38 bits per heavy atom. The van der Waals surface area contributed by atoms with Crippen molar-refractivity contribution in [3.63, 3.8) is 0 Å². The van der Waals surface area contributed by atoms with Gasteiger partial charge in [0, 0.05) is 28.9 Å². The minimum absolute atomic E-state index is 0.0423. The Bertz CT molecular complexity index is 1010. The standard InChI is InChI=1S/C18H16ClN3OS/c1-11-9-13(5-6-15(11)19)14-10-24-17-16(14)18(23)22(12(2)21-17)8-4-3-7-20/h5-6,9-10H,3-4,8H2,1-2H3. The Morgan fingerprint density at radius 2 is 2.17 bits per heavy atom. The first-order valence-corrected chi connectivity index (χ1v) is 8.91. The molecule has 122 valence electrons. The lowest BCUT2D eigenvalue weighted by Gasteiger charge is -2.09. The normalized spacial score (nSPS) is 10.9. The number of halogens is 1. The zero-order valence-corrected chi connectivity index (χ0v) is 15.0. The molecule has 3 rings (SSSR count). The van der Waals surface area contributed by atoms with Gasteiger partial charge in [0.25, 0.3) is 5.56 Å². The molecule has 2 aromatic heterocycles. The molecular formula is C18H16ClN3OS. The molecule has 0 spiro atoms. The number of benzene rings is 1. The molecule has 0 atom stereocenters. The number of hydrogen-bond donors (Lipinski definition) is 0. The molecule has 0 aliphatic rings. The number of hydrogen-bond acceptors (Lipinski definition) is 4. The highest BCUT2D eigenvalue weighted by Crippen LogP contribution is 2.32. The lowest BCUT2D eigenvalue weighted by atomic mass is 10.0. The van der Waals surface area contributed by atoms with Gasteiger partial charge in [-0.2, -0.15) is 5.26 Å². The Kier molecular flexibility index (Phi) is 4.70. The van der Waals surface area contributed by atoms with Crippen LogP contribution in [0.1, 0.15) is 24.2 Å². The largest absolute Gasteiger partial charge is 0.296 e. The first-order valence-electron chi connectivity index (χ1n) is 7.65. The van der Waals surface area contributed by atoms with E-state index in [4.69, 9.17) is 16.9 Å². The van der Waals surface area contributed by atoms with Crippen molar-refractivity contribution in [2.45, 2.75) is 33.2 Å². The Labute approximate surface area is 149 Å². The van der Waals surface area contributed by atoms with E-state index in [0.29, 0.717) is 35.6 Å². The Morgan fingerprint density at radius 3 is 2.88 bits per heavy atom. The SMILES string of the molecule is Cc1cc(-c2csc3nc(C)n(CCCC#N)c(=O)c23)ccc1Cl. The van der Waals surface area contributed by atoms with Crippen LogP contribution in [-0.2, 0) is 6.54 Å². The Hall–Kier alpha value is -2.16. The van der Waals surface area contributed by atoms with E-state index in [-0.39, 0.29) is 5.56 Å². The van der Waals surface area contributed by atoms with Gasteiger partial charge in [0.15, 0.2) is 0 Å². The zero-order chi connectivity index (χ0) is 17.3. The molecule has 0 unspecified atom stereocenters. The van der Waals surface area contributed by atoms with Gasteiger partial charge in [0.1, 0.15) is 10.7 Å². The number of thiophene rings is 1. The molecule has 0 aliphatic carbocycles. The molecule has 0 fully saturated rings. The average molecular weight is 358 g/mol. The zero-order valence-electron chi connectivity index (χ0n) is 13.5. The summed E-state index contributed by atoms with van der Waals surface area (Å²) in [5.41, 5.74) is 2.79. The van der Waals surface area contributed by atoms with Crippen LogP contribution in [0.25, 0.3) is 21.3 Å². The minimum atomic E-state index is -0.0423. The maximum Gasteiger partial charge on any atom is 0.262 e. The molecule has 0 N–H and O–H groups in total. The third-order valence-corrected chi connectivity index (χ3v) is 5.32. The fourth-order valence-corrected chi connectivity index (χ4v) is 3.83. The van der Waals surface area contributed by atoms with Gasteiger partial charge in [-0.25, -0.2) is 4.98 Å². The van der Waals surface area contributed by atoms with Crippen LogP contribution in [-0.4, -0.2) is 9.55 Å². The summed E-state index contributed by atoms with van der Waals surface area (Å²) in [6.07, 6.45) is 1.07. The molecule has 0 bridgehead atoms. The summed E-state index contributed by atoms with van der Waals surface area (Å²) in [4.78, 5) is 18.3. The van der Waals surface area contributed by atoms with Crippen molar-refractivity contribution >= 4 is 33.2 Å². The topological polar surface area (TPSA) is 58.7 Å². The van der Waals surface area contributed by atoms with Gasteiger partial charge < -0.3 is 0 Å². The van der Waals surface area contributed by atoms with Gasteiger partial charge in [0.2, 0.25) is 0 Å². The number of nitriles is 1. The number of fused-ring (bicyclic) bond motifs is 1. The summed E-state index contributed by atoms with van der Waals surface area (Å²) in [5, 5.41) is 12.0. The average Bonchev–Trinajstić information content (AvgIpc) is 2.97. The van der Waals surface area contributed by atoms with E-state index in [9.17, 15) is 4.79 Å². The molecule has 0 saturated carbocycles. The summed E-state index contributed by atoms with van der Waals surface area (Å²) in [6, 6.07) is 7.88. The molecule has 0 saturated heterocycles. The second kappa shape index (κ2) is 6.76. The number of aromatic nitrogens is 2. The highest BCUT2D eigenvalue weighted by molar-refractivity contribution is 7.17. The first-order chi connectivity index (χ1) is 11.5. The van der Waals surface area contributed by atoms with Gasteiger partial charge in [-0.3, -0.25) is 9.36 Å². The fraction of sp³-hybridized carbons (Fsp3) is 0.278. The lowest BCUT2D eigenvalue weighted by Crippen LogP contribution is -2.23. The van der Waals surface area contributed by atoms with E-state index < -0.39 is 0 Å². The van der Waals surface area contributed by atoms with E-state index in [1.807, 2.05) is 37.4 Å². The molecule has 2 heterocycles. The molecule has 0 amide bonds. The number of nitrogens with zero attached hydrogens (tertiary/aromatic N) is 3. The quantitative estimate of drug-likeness (QED) is 0.636. The van der Waals surface area contributed by atoms with Gasteiger partial charge in [-0.05, 0) is 43.5 Å². The minimum Gasteiger partial charge on any atom is -0.296 e. The molecule has 6 heteroatoms. The van der Waals surface area contributed by atoms with E-state index in [1.54, 1.807) is 4.57 Å². The third kappa shape index (κ3) is 2.95. The summed E-state index contributed by atoms with van der Waals surface area (Å²) < 4.78 is 1.67. The van der Waals surface area contributed by atoms with E-state index in [0.717, 1.165) is 21.5 Å². The van der Waals surface area contributed by atoms with E-state index >= 15 is 0 Å². The summed E-state index contributed by atoms with van der Waals surface area (Å²) >= 11 is 7.58. The van der Waals surface area contributed by atoms with Crippen LogP contribution < -0.4 is 5.56 Å². The van der Waals surface area contributed by atoms with Crippen molar-refractivity contribution in [3.05, 3.63) is 50.3 Å². The predicted octanol–water partition coefficient (Wildman–Crippen LogP) is 4.70. The van der Waals surface area contributed by atoms with Crippen LogP contribution >= 0.6 is 22.9 Å². The fourth-order valence-electron chi connectivity index (χ4n) is 2.73. The van der Waals surface area contributed by atoms with Crippen molar-refractivity contribution in [2.75, 3.05) is 0 Å². The number of aryl methyl sites for hydroxylation is 2. The highest BCUT2D eigenvalue weighted by Gasteiger charge is 2.15. The molecule has 4 nitrogen and oxygen atoms in total. The molecule has 1 aromatic carbocycles. The van der Waals surface area contributed by atoms with Crippen LogP contribution in [0.3, 0.4) is 0 Å². The molecular weight excluding hydrogens is 342 g/mol. The van der Waals surface area contributed by atoms with Crippen LogP contribution in [0.4, 0.5) is 0 Å². The molecule has 24 heavy (non-hydrogen) atoms. The summed E-state index contributed by atoms with van der Waals surface area (Å²) in [7, 11) is 0. The van der Waals surface area contributed by atoms with E-state index in [2.05, 4.69) is 11.1 Å². The maximum absolute atomic E-state index is 13.0. The number of rotatable bonds is 4. The third-order valence-electron chi connectivity index (χ3n) is 4.02. The van der Waals surface area contributed by atoms with Gasteiger partial charge in [-0.1, -0.05) is 17.7 Å². The van der Waals surface area contributed by atoms with Crippen molar-refractivity contribution in [3.8, 4) is 17.2 Å². The van der Waals surface area contributed by atoms with E-state index in [1.165, 1.54) is 11.3 Å². The van der Waals surface area contributed by atoms with Crippen LogP contribution in [0.15, 0.2) is 28.4 Å². The smallest absolute Gasteiger partial charge is 0.262 e. The van der Waals surface area contributed by atoms with Crippen LogP contribution in [0, 0.1) is 25.2 Å². The summed E-state index contributed by atoms with van der Waals surface area (Å²) in [6.45, 7) is 4.29. The molecule has 0 aliphatic heterocycles. The second-order valence-corrected chi connectivity index (χ2v) is 6.94. The van der Waals surface area contributed by atoms with Gasteiger partial charge in [0.05, 0.1) is 11.5 Å². The maximum atomic E-state index is 13.0. The van der Waals surface area contributed by atoms with Crippen molar-refractivity contribution in [1.29, 1.82) is 5.26 Å². The first kappa shape index (κ1) is 16.7. The summed E-state index contributed by atoms with van der Waals surface area (Å²) in [5.74, 6) is 0.686. The molecule has 0 radical (unpaired) electrons. The monoisotopic (exact) mass is 357 g/mol. The van der Waals surface area contributed by atoms with Crippen molar-refractivity contribution in [2.24, 2.45) is 0 Å². The predicted molar refractivity (Wildman–Crippen MR) is 98.6 cm³/mol. The molecule has 3 aromatic rings. The van der Waals surface area contributed by atoms with Gasteiger partial charge in [-0.15, -0.1) is 11.3 Å². The highest BCUT2D eigenvalue weighted by atomic mass is 35.5. The second-order valence-electron chi connectivity index (χ2n) is 5.67. The van der Waals surface area contributed by atoms with Gasteiger partial charge >= 0.3 is 0 Å². The lowest BCUT2D eigenvalue weighted by molar-refractivity contribution is 0.607.